The maximum atomic E-state index is 13.3. The second-order valence-electron chi connectivity index (χ2n) is 8.02. The van der Waals surface area contributed by atoms with Gasteiger partial charge in [-0.1, -0.05) is 30.3 Å². The van der Waals surface area contributed by atoms with Gasteiger partial charge in [0.25, 0.3) is 5.91 Å². The standard InChI is InChI=1S/C23H28N2O2S/c1-16-14-19(15-28-16)23(27)25-13-11-20(18-8-4-3-5-9-18)22-21(25)10-6-7-12-24(22)17(2)26/h3-5,8-9,14-15,20-22H,6-7,10-13H2,1-2H3/t20-,21-,22-/m1/s1. The molecule has 0 spiro atoms. The molecule has 3 heterocycles. The monoisotopic (exact) mass is 396 g/mol. The number of fused-ring (bicyclic) bond motifs is 1. The fourth-order valence-corrected chi connectivity index (χ4v) is 5.69. The van der Waals surface area contributed by atoms with Crippen molar-refractivity contribution in [2.45, 2.75) is 57.5 Å². The summed E-state index contributed by atoms with van der Waals surface area (Å²) in [5, 5.41) is 1.97. The largest absolute Gasteiger partial charge is 0.337 e. The molecule has 1 aromatic heterocycles. The number of carbonyl (C=O) groups excluding carboxylic acids is 2. The molecule has 0 unspecified atom stereocenters. The van der Waals surface area contributed by atoms with E-state index >= 15 is 0 Å². The number of amides is 2. The van der Waals surface area contributed by atoms with Crippen molar-refractivity contribution in [2.75, 3.05) is 13.1 Å². The van der Waals surface area contributed by atoms with Gasteiger partial charge in [-0.05, 0) is 44.2 Å². The number of likely N-dealkylation sites (tertiary alicyclic amines) is 2. The summed E-state index contributed by atoms with van der Waals surface area (Å²) in [6.45, 7) is 5.25. The minimum atomic E-state index is 0.0554. The van der Waals surface area contributed by atoms with Gasteiger partial charge < -0.3 is 9.80 Å². The number of hydrogen-bond donors (Lipinski definition) is 0. The highest BCUT2D eigenvalue weighted by molar-refractivity contribution is 7.10. The molecule has 4 rings (SSSR count). The number of rotatable bonds is 2. The van der Waals surface area contributed by atoms with Gasteiger partial charge in [-0.3, -0.25) is 9.59 Å². The molecule has 28 heavy (non-hydrogen) atoms. The molecule has 2 fully saturated rings. The Hall–Kier alpha value is -2.14. The van der Waals surface area contributed by atoms with Crippen molar-refractivity contribution in [3.05, 3.63) is 57.8 Å². The Morgan fingerprint density at radius 3 is 2.50 bits per heavy atom. The van der Waals surface area contributed by atoms with Gasteiger partial charge in [0, 0.05) is 36.2 Å². The van der Waals surface area contributed by atoms with Crippen LogP contribution in [-0.4, -0.2) is 46.8 Å². The minimum absolute atomic E-state index is 0.0554. The molecule has 2 aromatic rings. The molecule has 2 aliphatic rings. The van der Waals surface area contributed by atoms with Crippen LogP contribution in [0.25, 0.3) is 0 Å². The lowest BCUT2D eigenvalue weighted by Gasteiger charge is -2.49. The Morgan fingerprint density at radius 2 is 1.82 bits per heavy atom. The maximum Gasteiger partial charge on any atom is 0.255 e. The van der Waals surface area contributed by atoms with E-state index in [0.29, 0.717) is 0 Å². The summed E-state index contributed by atoms with van der Waals surface area (Å²) in [6.07, 6.45) is 3.92. The summed E-state index contributed by atoms with van der Waals surface area (Å²) in [7, 11) is 0. The number of benzene rings is 1. The second kappa shape index (κ2) is 8.08. The first-order chi connectivity index (χ1) is 13.6. The van der Waals surface area contributed by atoms with Crippen molar-refractivity contribution in [2.24, 2.45) is 0 Å². The van der Waals surface area contributed by atoms with Gasteiger partial charge in [0.2, 0.25) is 5.91 Å². The number of nitrogens with zero attached hydrogens (tertiary/aromatic N) is 2. The number of hydrogen-bond acceptors (Lipinski definition) is 3. The second-order valence-corrected chi connectivity index (χ2v) is 9.13. The molecular formula is C23H28N2O2S. The van der Waals surface area contributed by atoms with Crippen molar-refractivity contribution >= 4 is 23.2 Å². The Bertz CT molecular complexity index is 847. The summed E-state index contributed by atoms with van der Waals surface area (Å²) in [5.74, 6) is 0.524. The highest BCUT2D eigenvalue weighted by atomic mass is 32.1. The van der Waals surface area contributed by atoms with Crippen LogP contribution in [0, 0.1) is 6.92 Å². The Balaban J connectivity index is 1.71. The smallest absolute Gasteiger partial charge is 0.255 e. The zero-order valence-corrected chi connectivity index (χ0v) is 17.5. The van der Waals surface area contributed by atoms with E-state index in [4.69, 9.17) is 0 Å². The highest BCUT2D eigenvalue weighted by Crippen LogP contribution is 2.39. The third-order valence-corrected chi connectivity index (χ3v) is 7.13. The number of piperidine rings is 1. The zero-order valence-electron chi connectivity index (χ0n) is 16.6. The van der Waals surface area contributed by atoms with Crippen molar-refractivity contribution < 1.29 is 9.59 Å². The Kier molecular flexibility index (Phi) is 5.54. The van der Waals surface area contributed by atoms with E-state index < -0.39 is 0 Å². The van der Waals surface area contributed by atoms with E-state index in [2.05, 4.69) is 29.2 Å². The Labute approximate surface area is 171 Å². The first-order valence-electron chi connectivity index (χ1n) is 10.2. The minimum Gasteiger partial charge on any atom is -0.337 e. The van der Waals surface area contributed by atoms with Gasteiger partial charge >= 0.3 is 0 Å². The normalized spacial score (nSPS) is 25.1. The van der Waals surface area contributed by atoms with Gasteiger partial charge in [-0.25, -0.2) is 0 Å². The summed E-state index contributed by atoms with van der Waals surface area (Å²) in [5.41, 5.74) is 2.07. The lowest BCUT2D eigenvalue weighted by atomic mass is 9.78. The van der Waals surface area contributed by atoms with Gasteiger partial charge in [-0.15, -0.1) is 11.3 Å². The molecular weight excluding hydrogens is 368 g/mol. The van der Waals surface area contributed by atoms with Crippen LogP contribution < -0.4 is 0 Å². The SMILES string of the molecule is CC(=O)N1CCCC[C@@H]2[C@H]1[C@@H](c1ccccc1)CCN2C(=O)c1csc(C)c1. The third-order valence-electron chi connectivity index (χ3n) is 6.27. The first kappa shape index (κ1) is 19.2. The molecule has 2 amide bonds. The molecule has 2 saturated heterocycles. The average molecular weight is 397 g/mol. The molecule has 3 atom stereocenters. The van der Waals surface area contributed by atoms with Crippen LogP contribution in [0.5, 0.6) is 0 Å². The lowest BCUT2D eigenvalue weighted by molar-refractivity contribution is -0.133. The summed E-state index contributed by atoms with van der Waals surface area (Å²) >= 11 is 1.62. The average Bonchev–Trinajstić information content (AvgIpc) is 3.01. The summed E-state index contributed by atoms with van der Waals surface area (Å²) in [6, 6.07) is 12.7. The van der Waals surface area contributed by atoms with Crippen LogP contribution in [0.4, 0.5) is 0 Å². The van der Waals surface area contributed by atoms with Crippen LogP contribution in [0.2, 0.25) is 0 Å². The predicted octanol–water partition coefficient (Wildman–Crippen LogP) is 4.46. The quantitative estimate of drug-likeness (QED) is 0.752. The molecule has 0 radical (unpaired) electrons. The molecule has 0 aliphatic carbocycles. The fraction of sp³-hybridized carbons (Fsp3) is 0.478. The van der Waals surface area contributed by atoms with Crippen molar-refractivity contribution in [3.63, 3.8) is 0 Å². The molecule has 1 aromatic carbocycles. The van der Waals surface area contributed by atoms with E-state index in [0.717, 1.165) is 49.2 Å². The molecule has 2 aliphatic heterocycles. The molecule has 148 valence electrons. The van der Waals surface area contributed by atoms with E-state index in [1.54, 1.807) is 18.3 Å². The molecule has 0 saturated carbocycles. The number of carbonyl (C=O) groups is 2. The molecule has 4 nitrogen and oxygen atoms in total. The number of aryl methyl sites for hydroxylation is 1. The maximum absolute atomic E-state index is 13.3. The van der Waals surface area contributed by atoms with Crippen LogP contribution in [0.3, 0.4) is 0 Å². The zero-order chi connectivity index (χ0) is 19.7. The van der Waals surface area contributed by atoms with Crippen LogP contribution >= 0.6 is 11.3 Å². The van der Waals surface area contributed by atoms with Crippen LogP contribution in [0.1, 0.15) is 59.3 Å². The van der Waals surface area contributed by atoms with Gasteiger partial charge in [0.05, 0.1) is 17.6 Å². The highest BCUT2D eigenvalue weighted by Gasteiger charge is 2.45. The molecule has 5 heteroatoms. The van der Waals surface area contributed by atoms with Crippen LogP contribution in [-0.2, 0) is 4.79 Å². The summed E-state index contributed by atoms with van der Waals surface area (Å²) in [4.78, 5) is 31.2. The Morgan fingerprint density at radius 1 is 1.04 bits per heavy atom. The van der Waals surface area contributed by atoms with Gasteiger partial charge in [-0.2, -0.15) is 0 Å². The molecule has 0 N–H and O–H groups in total. The predicted molar refractivity (Wildman–Crippen MR) is 113 cm³/mol. The number of thiophene rings is 1. The first-order valence-corrected chi connectivity index (χ1v) is 11.1. The van der Waals surface area contributed by atoms with Crippen molar-refractivity contribution in [3.8, 4) is 0 Å². The van der Waals surface area contributed by atoms with Gasteiger partial charge in [0.15, 0.2) is 0 Å². The van der Waals surface area contributed by atoms with Crippen molar-refractivity contribution in [1.82, 2.24) is 9.80 Å². The third kappa shape index (κ3) is 3.60. The van der Waals surface area contributed by atoms with E-state index in [9.17, 15) is 9.59 Å². The van der Waals surface area contributed by atoms with E-state index in [1.807, 2.05) is 29.3 Å². The van der Waals surface area contributed by atoms with Crippen molar-refractivity contribution in [1.29, 1.82) is 0 Å². The van der Waals surface area contributed by atoms with E-state index in [-0.39, 0.29) is 29.8 Å². The van der Waals surface area contributed by atoms with Gasteiger partial charge in [0.1, 0.15) is 0 Å². The molecule has 0 bridgehead atoms. The summed E-state index contributed by atoms with van der Waals surface area (Å²) < 4.78 is 0. The topological polar surface area (TPSA) is 40.6 Å². The lowest BCUT2D eigenvalue weighted by Crippen LogP contribution is -2.60. The van der Waals surface area contributed by atoms with Crippen LogP contribution in [0.15, 0.2) is 41.8 Å². The fourth-order valence-electron chi connectivity index (χ4n) is 5.01. The van der Waals surface area contributed by atoms with E-state index in [1.165, 1.54) is 5.56 Å².